The van der Waals surface area contributed by atoms with E-state index >= 15 is 0 Å². The number of thiazole rings is 1. The Labute approximate surface area is 123 Å². The van der Waals surface area contributed by atoms with Crippen LogP contribution in [0.3, 0.4) is 0 Å². The van der Waals surface area contributed by atoms with Crippen LogP contribution in [0.4, 0.5) is 16.6 Å². The Bertz CT molecular complexity index is 734. The highest BCUT2D eigenvalue weighted by molar-refractivity contribution is 7.20. The highest BCUT2D eigenvalue weighted by Gasteiger charge is 2.14. The van der Waals surface area contributed by atoms with Crippen LogP contribution in [0.1, 0.15) is 9.67 Å². The molecule has 0 spiro atoms. The number of nitrogens with one attached hydrogen (secondary N) is 1. The highest BCUT2D eigenvalue weighted by Crippen LogP contribution is 2.38. The Balaban J connectivity index is 1.94. The zero-order valence-corrected chi connectivity index (χ0v) is 12.0. The van der Waals surface area contributed by atoms with Crippen molar-refractivity contribution < 1.29 is 4.79 Å². The molecule has 0 saturated carbocycles. The number of aldehydes is 1. The molecule has 20 heavy (non-hydrogen) atoms. The number of anilines is 3. The van der Waals surface area contributed by atoms with Crippen molar-refractivity contribution in [2.45, 2.75) is 0 Å². The van der Waals surface area contributed by atoms with Gasteiger partial charge in [-0.3, -0.25) is 4.79 Å². The first-order valence-corrected chi connectivity index (χ1v) is 7.59. The first-order valence-electron chi connectivity index (χ1n) is 5.89. The second kappa shape index (κ2) is 5.44. The zero-order chi connectivity index (χ0) is 13.9. The number of hydrogen-bond acceptors (Lipinski definition) is 6. The Kier molecular flexibility index (Phi) is 3.49. The fraction of sp³-hybridized carbons (Fsp3) is 0. The molecular formula is C14H11N3OS2. The molecule has 3 aromatic rings. The van der Waals surface area contributed by atoms with Crippen molar-refractivity contribution in [3.8, 4) is 10.4 Å². The summed E-state index contributed by atoms with van der Waals surface area (Å²) in [5, 5.41) is 5.80. The van der Waals surface area contributed by atoms with Gasteiger partial charge in [0.1, 0.15) is 5.82 Å². The van der Waals surface area contributed by atoms with Gasteiger partial charge < -0.3 is 11.1 Å². The zero-order valence-electron chi connectivity index (χ0n) is 10.4. The van der Waals surface area contributed by atoms with Crippen LogP contribution in [0.2, 0.25) is 0 Å². The summed E-state index contributed by atoms with van der Waals surface area (Å²) < 4.78 is 0. The first-order chi connectivity index (χ1) is 9.78. The lowest BCUT2D eigenvalue weighted by atomic mass is 10.2. The van der Waals surface area contributed by atoms with Crippen LogP contribution in [0.15, 0.2) is 41.8 Å². The summed E-state index contributed by atoms with van der Waals surface area (Å²) in [5.74, 6) is 0.440. The third kappa shape index (κ3) is 2.43. The van der Waals surface area contributed by atoms with Crippen LogP contribution in [-0.4, -0.2) is 11.3 Å². The van der Waals surface area contributed by atoms with Gasteiger partial charge >= 0.3 is 0 Å². The lowest BCUT2D eigenvalue weighted by molar-refractivity contribution is 0.112. The topological polar surface area (TPSA) is 68.0 Å². The second-order valence-corrected chi connectivity index (χ2v) is 5.99. The molecule has 0 radical (unpaired) electrons. The molecule has 0 saturated heterocycles. The van der Waals surface area contributed by atoms with E-state index in [1.54, 1.807) is 0 Å². The predicted octanol–water partition coefficient (Wildman–Crippen LogP) is 4.01. The number of aromatic nitrogens is 1. The van der Waals surface area contributed by atoms with Crippen molar-refractivity contribution in [3.63, 3.8) is 0 Å². The van der Waals surface area contributed by atoms with Gasteiger partial charge in [-0.05, 0) is 23.6 Å². The largest absolute Gasteiger partial charge is 0.382 e. The number of nitrogen functional groups attached to an aromatic ring is 1. The fourth-order valence-corrected chi connectivity index (χ4v) is 3.54. The minimum absolute atomic E-state index is 0.440. The number of carbonyl (C=O) groups excluding carboxylic acids is 1. The van der Waals surface area contributed by atoms with Gasteiger partial charge in [0.05, 0.1) is 9.75 Å². The number of benzene rings is 1. The maximum atomic E-state index is 11.0. The van der Waals surface area contributed by atoms with E-state index in [4.69, 9.17) is 5.73 Å². The standard InChI is InChI=1S/C14H11N3OS2/c15-13-12(10-6-7-19-11(10)8-18)20-14(17-13)16-9-4-2-1-3-5-9/h1-8H,15H2,(H,16,17). The molecule has 0 amide bonds. The first kappa shape index (κ1) is 12.8. The third-order valence-corrected chi connectivity index (χ3v) is 4.59. The van der Waals surface area contributed by atoms with E-state index in [-0.39, 0.29) is 0 Å². The van der Waals surface area contributed by atoms with Gasteiger partial charge in [-0.2, -0.15) is 0 Å². The molecule has 0 atom stereocenters. The maximum absolute atomic E-state index is 11.0. The van der Waals surface area contributed by atoms with Gasteiger partial charge in [0.15, 0.2) is 11.4 Å². The number of hydrogen-bond donors (Lipinski definition) is 2. The van der Waals surface area contributed by atoms with Gasteiger partial charge in [0.2, 0.25) is 0 Å². The van der Waals surface area contributed by atoms with Gasteiger partial charge in [-0.15, -0.1) is 11.3 Å². The van der Waals surface area contributed by atoms with Crippen molar-refractivity contribution >= 4 is 45.6 Å². The maximum Gasteiger partial charge on any atom is 0.189 e. The summed E-state index contributed by atoms with van der Waals surface area (Å²) >= 11 is 2.84. The number of para-hydroxylation sites is 1. The molecule has 0 aliphatic heterocycles. The average Bonchev–Trinajstić information content (AvgIpc) is 3.06. The van der Waals surface area contributed by atoms with E-state index in [0.29, 0.717) is 15.8 Å². The summed E-state index contributed by atoms with van der Waals surface area (Å²) in [6.07, 6.45) is 0.851. The van der Waals surface area contributed by atoms with Crippen LogP contribution in [0.5, 0.6) is 0 Å². The molecule has 2 heterocycles. The molecule has 2 aromatic heterocycles. The van der Waals surface area contributed by atoms with E-state index in [1.165, 1.54) is 22.7 Å². The smallest absolute Gasteiger partial charge is 0.189 e. The molecule has 0 unspecified atom stereocenters. The summed E-state index contributed by atoms with van der Waals surface area (Å²) in [7, 11) is 0. The highest BCUT2D eigenvalue weighted by atomic mass is 32.1. The summed E-state index contributed by atoms with van der Waals surface area (Å²) in [6, 6.07) is 11.7. The molecule has 100 valence electrons. The normalized spacial score (nSPS) is 10.4. The van der Waals surface area contributed by atoms with Crippen LogP contribution in [-0.2, 0) is 0 Å². The van der Waals surface area contributed by atoms with Gasteiger partial charge in [-0.1, -0.05) is 29.5 Å². The molecule has 1 aromatic carbocycles. The lowest BCUT2D eigenvalue weighted by Gasteiger charge is -2.00. The lowest BCUT2D eigenvalue weighted by Crippen LogP contribution is -1.90. The molecule has 0 fully saturated rings. The second-order valence-electron chi connectivity index (χ2n) is 4.04. The van der Waals surface area contributed by atoms with E-state index < -0.39 is 0 Å². The van der Waals surface area contributed by atoms with E-state index in [2.05, 4.69) is 10.3 Å². The van der Waals surface area contributed by atoms with E-state index in [9.17, 15) is 4.79 Å². The van der Waals surface area contributed by atoms with E-state index in [0.717, 1.165) is 22.4 Å². The van der Waals surface area contributed by atoms with Crippen LogP contribution >= 0.6 is 22.7 Å². The SMILES string of the molecule is Nc1nc(Nc2ccccc2)sc1-c1ccsc1C=O. The minimum atomic E-state index is 0.440. The van der Waals surface area contributed by atoms with Crippen molar-refractivity contribution in [2.24, 2.45) is 0 Å². The number of carbonyl (C=O) groups is 1. The van der Waals surface area contributed by atoms with Crippen molar-refractivity contribution in [1.82, 2.24) is 4.98 Å². The number of nitrogens with zero attached hydrogens (tertiary/aromatic N) is 1. The molecule has 0 aliphatic carbocycles. The minimum Gasteiger partial charge on any atom is -0.382 e. The molecule has 3 rings (SSSR count). The quantitative estimate of drug-likeness (QED) is 0.714. The molecule has 3 N–H and O–H groups in total. The molecular weight excluding hydrogens is 290 g/mol. The van der Waals surface area contributed by atoms with Crippen LogP contribution < -0.4 is 11.1 Å². The molecule has 0 bridgehead atoms. The summed E-state index contributed by atoms with van der Waals surface area (Å²) in [6.45, 7) is 0. The van der Waals surface area contributed by atoms with Gasteiger partial charge in [0.25, 0.3) is 0 Å². The summed E-state index contributed by atoms with van der Waals surface area (Å²) in [5.41, 5.74) is 7.76. The Morgan fingerprint density at radius 3 is 2.75 bits per heavy atom. The Hall–Kier alpha value is -2.18. The summed E-state index contributed by atoms with van der Waals surface area (Å²) in [4.78, 5) is 16.8. The third-order valence-electron chi connectivity index (χ3n) is 2.73. The predicted molar refractivity (Wildman–Crippen MR) is 85.0 cm³/mol. The molecule has 6 heteroatoms. The van der Waals surface area contributed by atoms with Gasteiger partial charge in [-0.25, -0.2) is 4.98 Å². The molecule has 0 aliphatic rings. The van der Waals surface area contributed by atoms with Crippen molar-refractivity contribution in [2.75, 3.05) is 11.1 Å². The van der Waals surface area contributed by atoms with Gasteiger partial charge in [0, 0.05) is 11.3 Å². The Morgan fingerprint density at radius 2 is 2.00 bits per heavy atom. The van der Waals surface area contributed by atoms with E-state index in [1.807, 2.05) is 41.8 Å². The van der Waals surface area contributed by atoms with Crippen LogP contribution in [0, 0.1) is 0 Å². The average molecular weight is 301 g/mol. The number of nitrogens with two attached hydrogens (primary N) is 1. The molecule has 4 nitrogen and oxygen atoms in total. The van der Waals surface area contributed by atoms with Crippen LogP contribution in [0.25, 0.3) is 10.4 Å². The van der Waals surface area contributed by atoms with Crippen molar-refractivity contribution in [1.29, 1.82) is 0 Å². The monoisotopic (exact) mass is 301 g/mol. The number of thiophene rings is 1. The Morgan fingerprint density at radius 1 is 1.20 bits per heavy atom. The number of rotatable bonds is 4. The van der Waals surface area contributed by atoms with Crippen molar-refractivity contribution in [3.05, 3.63) is 46.7 Å². The fourth-order valence-electron chi connectivity index (χ4n) is 1.82.